The first-order valence-corrected chi connectivity index (χ1v) is 6.74. The first-order chi connectivity index (χ1) is 10.5. The predicted molar refractivity (Wildman–Crippen MR) is 85.6 cm³/mol. The summed E-state index contributed by atoms with van der Waals surface area (Å²) in [5.41, 5.74) is 1.75. The molecule has 0 bridgehead atoms. The second-order valence-electron chi connectivity index (χ2n) is 4.55. The van der Waals surface area contributed by atoms with Gasteiger partial charge < -0.3 is 10.2 Å². The van der Waals surface area contributed by atoms with Gasteiger partial charge in [0.2, 0.25) is 0 Å². The second kappa shape index (κ2) is 9.13. The molecule has 0 saturated heterocycles. The summed E-state index contributed by atoms with van der Waals surface area (Å²) in [4.78, 5) is 20.6. The van der Waals surface area contributed by atoms with Gasteiger partial charge in [0.1, 0.15) is 0 Å². The summed E-state index contributed by atoms with van der Waals surface area (Å²) >= 11 is 0. The molecule has 2 aromatic rings. The summed E-state index contributed by atoms with van der Waals surface area (Å²) in [5, 5.41) is 16.9. The minimum Gasteiger partial charge on any atom is -0.481 e. The lowest BCUT2D eigenvalue weighted by Crippen LogP contribution is -2.06. The molecular weight excluding hydrogens is 280 g/mol. The number of benzene rings is 2. The highest BCUT2D eigenvalue weighted by Gasteiger charge is 2.11. The number of aliphatic carboxylic acids is 2. The van der Waals surface area contributed by atoms with Gasteiger partial charge in [-0.05, 0) is 24.1 Å². The van der Waals surface area contributed by atoms with E-state index in [2.05, 4.69) is 0 Å². The molecule has 22 heavy (non-hydrogen) atoms. The zero-order valence-electron chi connectivity index (χ0n) is 12.2. The van der Waals surface area contributed by atoms with Crippen LogP contribution >= 0.6 is 0 Å². The minimum atomic E-state index is -0.922. The maximum Gasteiger partial charge on any atom is 0.328 e. The molecule has 0 aromatic heterocycles. The fourth-order valence-electron chi connectivity index (χ4n) is 1.62. The topological polar surface area (TPSA) is 74.6 Å². The van der Waals surface area contributed by atoms with Crippen LogP contribution < -0.4 is 0 Å². The highest BCUT2D eigenvalue weighted by atomic mass is 16.4. The molecule has 0 aliphatic rings. The van der Waals surface area contributed by atoms with E-state index in [9.17, 15) is 9.59 Å². The summed E-state index contributed by atoms with van der Waals surface area (Å²) in [7, 11) is 0. The van der Waals surface area contributed by atoms with Crippen LogP contribution in [0.1, 0.15) is 24.0 Å². The summed E-state index contributed by atoms with van der Waals surface area (Å²) in [6.45, 7) is 1.68. The van der Waals surface area contributed by atoms with Gasteiger partial charge in [-0.3, -0.25) is 4.79 Å². The molecule has 114 valence electrons. The van der Waals surface area contributed by atoms with Crippen molar-refractivity contribution in [1.82, 2.24) is 0 Å². The van der Waals surface area contributed by atoms with Crippen LogP contribution in [0.15, 0.2) is 66.7 Å². The number of rotatable bonds is 4. The van der Waals surface area contributed by atoms with E-state index in [0.717, 1.165) is 17.2 Å². The zero-order valence-corrected chi connectivity index (χ0v) is 12.2. The Morgan fingerprint density at radius 2 is 1.41 bits per heavy atom. The summed E-state index contributed by atoms with van der Waals surface area (Å²) in [6, 6.07) is 18.5. The van der Waals surface area contributed by atoms with E-state index in [-0.39, 0.29) is 0 Å². The molecule has 1 unspecified atom stereocenters. The van der Waals surface area contributed by atoms with E-state index in [0.29, 0.717) is 0 Å². The lowest BCUT2D eigenvalue weighted by atomic mass is 10.0. The maximum absolute atomic E-state index is 10.5. The lowest BCUT2D eigenvalue weighted by molar-refractivity contribution is -0.138. The smallest absolute Gasteiger partial charge is 0.328 e. The third-order valence-corrected chi connectivity index (χ3v) is 2.89. The fourth-order valence-corrected chi connectivity index (χ4v) is 1.62. The molecule has 0 saturated carbocycles. The molecule has 4 heteroatoms. The van der Waals surface area contributed by atoms with Crippen LogP contribution in [0.25, 0.3) is 6.08 Å². The van der Waals surface area contributed by atoms with Gasteiger partial charge in [-0.1, -0.05) is 60.7 Å². The third kappa shape index (κ3) is 6.52. The van der Waals surface area contributed by atoms with Crippen molar-refractivity contribution < 1.29 is 19.8 Å². The molecule has 0 heterocycles. The molecule has 2 aromatic carbocycles. The van der Waals surface area contributed by atoms with Gasteiger partial charge in [-0.2, -0.15) is 0 Å². The van der Waals surface area contributed by atoms with Gasteiger partial charge in [0.15, 0.2) is 0 Å². The summed E-state index contributed by atoms with van der Waals surface area (Å²) in [5.74, 6) is -2.11. The number of hydrogen-bond acceptors (Lipinski definition) is 2. The van der Waals surface area contributed by atoms with E-state index in [1.165, 1.54) is 0 Å². The Labute approximate surface area is 129 Å². The molecule has 1 atom stereocenters. The van der Waals surface area contributed by atoms with E-state index in [4.69, 9.17) is 10.2 Å². The van der Waals surface area contributed by atoms with Crippen LogP contribution in [-0.2, 0) is 9.59 Å². The van der Waals surface area contributed by atoms with E-state index < -0.39 is 17.9 Å². The summed E-state index contributed by atoms with van der Waals surface area (Å²) < 4.78 is 0. The molecular formula is C18H18O4. The Morgan fingerprint density at radius 1 is 0.909 bits per heavy atom. The predicted octanol–water partition coefficient (Wildman–Crippen LogP) is 3.66. The van der Waals surface area contributed by atoms with Crippen LogP contribution in [0.2, 0.25) is 0 Å². The van der Waals surface area contributed by atoms with Crippen molar-refractivity contribution >= 4 is 18.0 Å². The average molecular weight is 298 g/mol. The van der Waals surface area contributed by atoms with E-state index in [1.807, 2.05) is 60.7 Å². The monoisotopic (exact) mass is 298 g/mol. The third-order valence-electron chi connectivity index (χ3n) is 2.89. The normalized spacial score (nSPS) is 11.3. The van der Waals surface area contributed by atoms with Crippen LogP contribution in [0.4, 0.5) is 0 Å². The van der Waals surface area contributed by atoms with Crippen molar-refractivity contribution in [2.75, 3.05) is 0 Å². The molecule has 0 amide bonds. The molecule has 4 nitrogen and oxygen atoms in total. The quantitative estimate of drug-likeness (QED) is 0.845. The Morgan fingerprint density at radius 3 is 1.86 bits per heavy atom. The van der Waals surface area contributed by atoms with Crippen molar-refractivity contribution in [2.45, 2.75) is 12.8 Å². The molecule has 0 fully saturated rings. The van der Waals surface area contributed by atoms with Crippen molar-refractivity contribution in [2.24, 2.45) is 0 Å². The van der Waals surface area contributed by atoms with Gasteiger partial charge in [-0.15, -0.1) is 0 Å². The molecule has 0 spiro atoms. The second-order valence-corrected chi connectivity index (χ2v) is 4.55. The van der Waals surface area contributed by atoms with Crippen LogP contribution in [0, 0.1) is 0 Å². The average Bonchev–Trinajstić information content (AvgIpc) is 2.54. The van der Waals surface area contributed by atoms with Gasteiger partial charge in [-0.25, -0.2) is 4.79 Å². The van der Waals surface area contributed by atoms with Gasteiger partial charge in [0.05, 0.1) is 5.92 Å². The summed E-state index contributed by atoms with van der Waals surface area (Å²) in [6.07, 6.45) is 2.68. The number of hydrogen-bond donors (Lipinski definition) is 2. The van der Waals surface area contributed by atoms with E-state index in [1.54, 1.807) is 13.0 Å². The van der Waals surface area contributed by atoms with Crippen molar-refractivity contribution in [3.63, 3.8) is 0 Å². The highest BCUT2D eigenvalue weighted by Crippen LogP contribution is 2.13. The van der Waals surface area contributed by atoms with Crippen molar-refractivity contribution in [1.29, 1.82) is 0 Å². The minimum absolute atomic E-state index is 0.406. The molecule has 2 N–H and O–H groups in total. The number of carboxylic acid groups (broad SMARTS) is 2. The van der Waals surface area contributed by atoms with Crippen LogP contribution in [-0.4, -0.2) is 22.2 Å². The van der Waals surface area contributed by atoms with Gasteiger partial charge in [0, 0.05) is 6.08 Å². The molecule has 0 radical (unpaired) electrons. The highest BCUT2D eigenvalue weighted by molar-refractivity contribution is 5.85. The fraction of sp³-hybridized carbons (Fsp3) is 0.111. The first-order valence-electron chi connectivity index (χ1n) is 6.74. The van der Waals surface area contributed by atoms with Crippen LogP contribution in [0.3, 0.4) is 0 Å². The first kappa shape index (κ1) is 17.2. The standard InChI is InChI=1S/C9H10O2.C9H8O2/c1-7(9(10)11)8-5-3-2-4-6-8;10-9(11)7-6-8-4-2-1-3-5-8/h2-7H,1H3,(H,10,11);1-7H,(H,10,11). The Hall–Kier alpha value is -2.88. The van der Waals surface area contributed by atoms with Crippen LogP contribution in [0.5, 0.6) is 0 Å². The van der Waals surface area contributed by atoms with Crippen molar-refractivity contribution in [3.8, 4) is 0 Å². The number of carboxylic acids is 2. The zero-order chi connectivity index (χ0) is 16.4. The molecule has 0 aliphatic carbocycles. The van der Waals surface area contributed by atoms with E-state index >= 15 is 0 Å². The lowest BCUT2D eigenvalue weighted by Gasteiger charge is -2.04. The molecule has 2 rings (SSSR count). The SMILES string of the molecule is CC(C(=O)O)c1ccccc1.O=C(O)C=Cc1ccccc1. The molecule has 0 aliphatic heterocycles. The Balaban J connectivity index is 0.000000220. The Kier molecular flexibility index (Phi) is 7.13. The van der Waals surface area contributed by atoms with Gasteiger partial charge in [0.25, 0.3) is 0 Å². The Bertz CT molecular complexity index is 618. The largest absolute Gasteiger partial charge is 0.481 e. The van der Waals surface area contributed by atoms with Crippen molar-refractivity contribution in [3.05, 3.63) is 77.9 Å². The van der Waals surface area contributed by atoms with Gasteiger partial charge >= 0.3 is 11.9 Å². The maximum atomic E-state index is 10.5. The number of carbonyl (C=O) groups is 2.